The van der Waals surface area contributed by atoms with Gasteiger partial charge < -0.3 is 19.9 Å². The van der Waals surface area contributed by atoms with E-state index in [1.54, 1.807) is 14.1 Å². The number of amides is 2. The molecule has 2 heterocycles. The van der Waals surface area contributed by atoms with Crippen molar-refractivity contribution in [1.29, 1.82) is 0 Å². The normalized spacial score (nSPS) is 16.5. The van der Waals surface area contributed by atoms with Gasteiger partial charge in [-0.15, -0.1) is 0 Å². The van der Waals surface area contributed by atoms with Gasteiger partial charge in [0.05, 0.1) is 6.10 Å². The Morgan fingerprint density at radius 2 is 2.07 bits per heavy atom. The van der Waals surface area contributed by atoms with Gasteiger partial charge >= 0.3 is 6.03 Å². The standard InChI is InChI=1S/C21H24N4O2S/c1-24(2)21(27)23-28-16-7-8-20(25-10-9-15(26)13-25)17(12-16)19-11-14-5-3-4-6-18(14)22-19/h3-8,11-12,15,22,26H,9-10,13H2,1-2H3,(H,23,27). The van der Waals surface area contributed by atoms with Crippen molar-refractivity contribution in [3.05, 3.63) is 48.5 Å². The zero-order valence-electron chi connectivity index (χ0n) is 16.0. The van der Waals surface area contributed by atoms with E-state index in [2.05, 4.69) is 44.9 Å². The first kappa shape index (κ1) is 18.7. The van der Waals surface area contributed by atoms with Gasteiger partial charge in [-0.1, -0.05) is 18.2 Å². The van der Waals surface area contributed by atoms with Crippen LogP contribution in [0, 0.1) is 0 Å². The predicted octanol–water partition coefficient (Wildman–Crippen LogP) is 3.68. The molecule has 3 aromatic rings. The number of urea groups is 1. The Hall–Kier alpha value is -2.64. The second-order valence-corrected chi connectivity index (χ2v) is 8.12. The molecule has 0 aliphatic carbocycles. The molecule has 1 aliphatic heterocycles. The summed E-state index contributed by atoms with van der Waals surface area (Å²) >= 11 is 1.30. The smallest absolute Gasteiger partial charge is 0.327 e. The van der Waals surface area contributed by atoms with Gasteiger partial charge in [0.25, 0.3) is 0 Å². The number of aromatic nitrogens is 1. The van der Waals surface area contributed by atoms with E-state index in [-0.39, 0.29) is 12.1 Å². The maximum absolute atomic E-state index is 11.9. The van der Waals surface area contributed by atoms with E-state index < -0.39 is 0 Å². The van der Waals surface area contributed by atoms with Gasteiger partial charge in [0.2, 0.25) is 0 Å². The number of hydrogen-bond donors (Lipinski definition) is 3. The number of anilines is 1. The SMILES string of the molecule is CN(C)C(=O)NSc1ccc(N2CCC(O)C2)c(-c2cc3ccccc3[nH]2)c1. The lowest BCUT2D eigenvalue weighted by Crippen LogP contribution is -2.29. The van der Waals surface area contributed by atoms with Crippen molar-refractivity contribution in [3.63, 3.8) is 0 Å². The fraction of sp³-hybridized carbons (Fsp3) is 0.286. The first-order valence-corrected chi connectivity index (χ1v) is 10.1. The average molecular weight is 397 g/mol. The summed E-state index contributed by atoms with van der Waals surface area (Å²) in [4.78, 5) is 20.0. The number of β-amino-alcohol motifs (C(OH)–C–C–N with tert-alkyl or cyclic N) is 1. The second-order valence-electron chi connectivity index (χ2n) is 7.24. The van der Waals surface area contributed by atoms with E-state index in [1.165, 1.54) is 16.8 Å². The molecule has 2 aromatic carbocycles. The number of carbonyl (C=O) groups excluding carboxylic acids is 1. The molecule has 1 aliphatic rings. The lowest BCUT2D eigenvalue weighted by Gasteiger charge is -2.22. The van der Waals surface area contributed by atoms with Crippen LogP contribution < -0.4 is 9.62 Å². The first-order chi connectivity index (χ1) is 13.5. The van der Waals surface area contributed by atoms with Crippen molar-refractivity contribution in [1.82, 2.24) is 14.6 Å². The molecular formula is C21H24N4O2S. The molecule has 3 N–H and O–H groups in total. The van der Waals surface area contributed by atoms with Gasteiger partial charge in [-0.3, -0.25) is 4.72 Å². The summed E-state index contributed by atoms with van der Waals surface area (Å²) in [5.74, 6) is 0. The zero-order valence-corrected chi connectivity index (χ0v) is 16.8. The predicted molar refractivity (Wildman–Crippen MR) is 115 cm³/mol. The van der Waals surface area contributed by atoms with E-state index in [9.17, 15) is 9.90 Å². The van der Waals surface area contributed by atoms with Crippen LogP contribution in [0.4, 0.5) is 10.5 Å². The van der Waals surface area contributed by atoms with Gasteiger partial charge in [0.15, 0.2) is 0 Å². The van der Waals surface area contributed by atoms with Crippen LogP contribution in [0.25, 0.3) is 22.2 Å². The Balaban J connectivity index is 1.71. The van der Waals surface area contributed by atoms with Crippen LogP contribution in [0.15, 0.2) is 53.4 Å². The lowest BCUT2D eigenvalue weighted by molar-refractivity contribution is 0.198. The molecule has 1 atom stereocenters. The number of fused-ring (bicyclic) bond motifs is 1. The minimum Gasteiger partial charge on any atom is -0.391 e. The maximum atomic E-state index is 11.9. The number of aliphatic hydroxyl groups excluding tert-OH is 1. The van der Waals surface area contributed by atoms with Gasteiger partial charge in [-0.25, -0.2) is 4.79 Å². The number of benzene rings is 2. The van der Waals surface area contributed by atoms with Crippen LogP contribution >= 0.6 is 11.9 Å². The number of hydrogen-bond acceptors (Lipinski definition) is 4. The molecule has 0 bridgehead atoms. The summed E-state index contributed by atoms with van der Waals surface area (Å²) in [6.07, 6.45) is 0.491. The molecule has 0 radical (unpaired) electrons. The molecule has 0 saturated carbocycles. The van der Waals surface area contributed by atoms with Crippen molar-refractivity contribution in [3.8, 4) is 11.3 Å². The summed E-state index contributed by atoms with van der Waals surface area (Å²) in [5.41, 5.74) is 4.27. The average Bonchev–Trinajstić information content (AvgIpc) is 3.31. The Morgan fingerprint density at radius 3 is 2.79 bits per heavy atom. The Kier molecular flexibility index (Phi) is 5.19. The highest BCUT2D eigenvalue weighted by molar-refractivity contribution is 7.98. The molecule has 6 nitrogen and oxygen atoms in total. The molecule has 1 fully saturated rings. The van der Waals surface area contributed by atoms with Crippen molar-refractivity contribution in [2.24, 2.45) is 0 Å². The number of rotatable bonds is 4. The van der Waals surface area contributed by atoms with Crippen molar-refractivity contribution in [2.45, 2.75) is 17.4 Å². The fourth-order valence-corrected chi connectivity index (χ4v) is 4.14. The Labute approximate surface area is 168 Å². The monoisotopic (exact) mass is 396 g/mol. The third kappa shape index (κ3) is 3.81. The van der Waals surface area contributed by atoms with E-state index in [0.717, 1.165) is 45.7 Å². The number of aliphatic hydroxyl groups is 1. The van der Waals surface area contributed by atoms with E-state index in [1.807, 2.05) is 18.2 Å². The molecule has 1 unspecified atom stereocenters. The molecule has 7 heteroatoms. The minimum absolute atomic E-state index is 0.149. The van der Waals surface area contributed by atoms with Crippen LogP contribution in [0.5, 0.6) is 0 Å². The number of para-hydroxylation sites is 1. The molecule has 146 valence electrons. The number of H-pyrrole nitrogens is 1. The Morgan fingerprint density at radius 1 is 1.25 bits per heavy atom. The highest BCUT2D eigenvalue weighted by Crippen LogP contribution is 2.36. The summed E-state index contributed by atoms with van der Waals surface area (Å²) in [6.45, 7) is 1.47. The second kappa shape index (κ2) is 7.77. The van der Waals surface area contributed by atoms with Gasteiger partial charge in [0, 0.05) is 59.9 Å². The van der Waals surface area contributed by atoms with Gasteiger partial charge in [-0.2, -0.15) is 0 Å². The van der Waals surface area contributed by atoms with Gasteiger partial charge in [-0.05, 0) is 48.7 Å². The van der Waals surface area contributed by atoms with Crippen LogP contribution in [0.2, 0.25) is 0 Å². The van der Waals surface area contributed by atoms with Crippen molar-refractivity contribution in [2.75, 3.05) is 32.1 Å². The first-order valence-electron chi connectivity index (χ1n) is 9.30. The van der Waals surface area contributed by atoms with Crippen LogP contribution in [0.3, 0.4) is 0 Å². The van der Waals surface area contributed by atoms with Crippen LogP contribution in [-0.2, 0) is 0 Å². The summed E-state index contributed by atoms with van der Waals surface area (Å²) < 4.78 is 2.84. The summed E-state index contributed by atoms with van der Waals surface area (Å²) in [5, 5.41) is 11.1. The molecular weight excluding hydrogens is 372 g/mol. The summed E-state index contributed by atoms with van der Waals surface area (Å²) in [6, 6.07) is 16.4. The molecule has 28 heavy (non-hydrogen) atoms. The topological polar surface area (TPSA) is 71.6 Å². The van der Waals surface area contributed by atoms with E-state index in [0.29, 0.717) is 6.54 Å². The zero-order chi connectivity index (χ0) is 19.7. The molecule has 1 aromatic heterocycles. The Bertz CT molecular complexity index is 968. The van der Waals surface area contributed by atoms with Crippen molar-refractivity contribution < 1.29 is 9.90 Å². The minimum atomic E-state index is -0.288. The van der Waals surface area contributed by atoms with E-state index >= 15 is 0 Å². The van der Waals surface area contributed by atoms with Crippen LogP contribution in [-0.4, -0.2) is 54.3 Å². The third-order valence-corrected chi connectivity index (χ3v) is 5.72. The summed E-state index contributed by atoms with van der Waals surface area (Å²) in [7, 11) is 3.43. The number of aromatic amines is 1. The van der Waals surface area contributed by atoms with E-state index in [4.69, 9.17) is 0 Å². The third-order valence-electron chi connectivity index (χ3n) is 4.95. The number of carbonyl (C=O) groups is 1. The van der Waals surface area contributed by atoms with Crippen LogP contribution in [0.1, 0.15) is 6.42 Å². The molecule has 2 amide bonds. The van der Waals surface area contributed by atoms with Gasteiger partial charge in [0.1, 0.15) is 0 Å². The highest BCUT2D eigenvalue weighted by Gasteiger charge is 2.23. The highest BCUT2D eigenvalue weighted by atomic mass is 32.2. The van der Waals surface area contributed by atoms with Crippen molar-refractivity contribution >= 4 is 34.6 Å². The molecule has 4 rings (SSSR count). The molecule has 0 spiro atoms. The fourth-order valence-electron chi connectivity index (χ4n) is 3.44. The largest absolute Gasteiger partial charge is 0.391 e. The maximum Gasteiger partial charge on any atom is 0.327 e. The number of nitrogens with zero attached hydrogens (tertiary/aromatic N) is 2. The number of nitrogens with one attached hydrogen (secondary N) is 2. The lowest BCUT2D eigenvalue weighted by atomic mass is 10.1. The molecule has 1 saturated heterocycles. The quantitative estimate of drug-likeness (QED) is 0.588.